The number of carbonyl (C=O) groups is 1. The van der Waals surface area contributed by atoms with Gasteiger partial charge in [0.15, 0.2) is 11.5 Å². The van der Waals surface area contributed by atoms with Crippen molar-refractivity contribution in [3.05, 3.63) is 71.9 Å². The maximum atomic E-state index is 13.6. The summed E-state index contributed by atoms with van der Waals surface area (Å²) in [5, 5.41) is 32.1. The van der Waals surface area contributed by atoms with Crippen molar-refractivity contribution < 1.29 is 37.6 Å². The van der Waals surface area contributed by atoms with E-state index in [1.165, 1.54) is 24.4 Å². The Kier molecular flexibility index (Phi) is 9.28. The lowest BCUT2D eigenvalue weighted by molar-refractivity contribution is 0.0980. The molecule has 0 saturated carbocycles. The number of nitriles is 1. The Labute approximate surface area is 237 Å². The number of aliphatic hydroxyl groups is 1. The van der Waals surface area contributed by atoms with Crippen LogP contribution in [0, 0.1) is 17.2 Å². The first-order valence-electron chi connectivity index (χ1n) is 12.8. The molecule has 1 aromatic heterocycles. The van der Waals surface area contributed by atoms with Crippen LogP contribution in [0.5, 0.6) is 23.1 Å². The number of rotatable bonds is 12. The molecule has 3 aromatic rings. The van der Waals surface area contributed by atoms with Crippen LogP contribution in [-0.4, -0.2) is 66.0 Å². The Balaban J connectivity index is 1.51. The van der Waals surface area contributed by atoms with Crippen molar-refractivity contribution in [2.45, 2.75) is 37.3 Å². The average Bonchev–Trinajstić information content (AvgIpc) is 3.41. The fourth-order valence-corrected chi connectivity index (χ4v) is 5.90. The average molecular weight is 583 g/mol. The van der Waals surface area contributed by atoms with Gasteiger partial charge >= 0.3 is 6.09 Å². The molecule has 13 heteroatoms. The number of hydrogen-bond donors (Lipinski definition) is 3. The number of benzene rings is 2. The zero-order chi connectivity index (χ0) is 29.6. The largest absolute Gasteiger partial charge is 0.465 e. The molecule has 3 N–H and O–H groups in total. The molecule has 41 heavy (non-hydrogen) atoms. The number of amides is 1. The molecule has 2 heterocycles. The third kappa shape index (κ3) is 7.43. The van der Waals surface area contributed by atoms with Gasteiger partial charge in [0, 0.05) is 25.4 Å². The number of nitrogens with zero attached hydrogens (tertiary/aromatic N) is 3. The topological polar surface area (TPSA) is 171 Å². The molecule has 12 nitrogen and oxygen atoms in total. The predicted molar refractivity (Wildman–Crippen MR) is 146 cm³/mol. The fourth-order valence-electron chi connectivity index (χ4n) is 4.26. The van der Waals surface area contributed by atoms with Gasteiger partial charge in [0.2, 0.25) is 22.7 Å². The van der Waals surface area contributed by atoms with Gasteiger partial charge in [0.1, 0.15) is 17.4 Å². The Morgan fingerprint density at radius 3 is 2.56 bits per heavy atom. The molecule has 0 saturated heterocycles. The fraction of sp³-hybridized carbons (Fsp3) is 0.321. The van der Waals surface area contributed by atoms with Crippen molar-refractivity contribution in [1.82, 2.24) is 14.6 Å². The van der Waals surface area contributed by atoms with Crippen LogP contribution in [0.2, 0.25) is 0 Å². The van der Waals surface area contributed by atoms with Crippen molar-refractivity contribution in [2.24, 2.45) is 5.92 Å². The molecule has 0 fully saturated rings. The summed E-state index contributed by atoms with van der Waals surface area (Å²) in [7, 11) is -4.07. The number of nitrogens with one attached hydrogen (secondary N) is 1. The van der Waals surface area contributed by atoms with Crippen molar-refractivity contribution in [2.75, 3.05) is 19.9 Å². The van der Waals surface area contributed by atoms with Crippen molar-refractivity contribution in [3.8, 4) is 29.2 Å². The summed E-state index contributed by atoms with van der Waals surface area (Å²) in [5.74, 6) is 1.22. The van der Waals surface area contributed by atoms with E-state index in [1.807, 2.05) is 19.9 Å². The van der Waals surface area contributed by atoms with E-state index in [0.717, 1.165) is 4.31 Å². The van der Waals surface area contributed by atoms with E-state index in [9.17, 15) is 28.7 Å². The van der Waals surface area contributed by atoms with Crippen LogP contribution in [-0.2, 0) is 16.4 Å². The zero-order valence-electron chi connectivity index (χ0n) is 22.4. The smallest absolute Gasteiger partial charge is 0.404 e. The molecule has 4 rings (SSSR count). The molecule has 2 aromatic carbocycles. The van der Waals surface area contributed by atoms with Crippen LogP contribution in [0.1, 0.15) is 25.0 Å². The summed E-state index contributed by atoms with van der Waals surface area (Å²) < 4.78 is 44.6. The minimum Gasteiger partial charge on any atom is -0.465 e. The Morgan fingerprint density at radius 2 is 1.88 bits per heavy atom. The van der Waals surface area contributed by atoms with Gasteiger partial charge in [0.05, 0.1) is 17.0 Å². The molecule has 2 atom stereocenters. The predicted octanol–water partition coefficient (Wildman–Crippen LogP) is 3.36. The minimum absolute atomic E-state index is 0.00700. The molecule has 1 aliphatic heterocycles. The van der Waals surface area contributed by atoms with Gasteiger partial charge in [-0.05, 0) is 54.3 Å². The molecule has 0 spiro atoms. The molecule has 0 bridgehead atoms. The molecular formula is C28H30N4O8S. The van der Waals surface area contributed by atoms with Gasteiger partial charge < -0.3 is 29.7 Å². The van der Waals surface area contributed by atoms with E-state index < -0.39 is 28.3 Å². The summed E-state index contributed by atoms with van der Waals surface area (Å²) in [5.41, 5.74) is 0.929. The number of ether oxygens (including phenoxy) is 3. The van der Waals surface area contributed by atoms with E-state index in [2.05, 4.69) is 10.3 Å². The van der Waals surface area contributed by atoms with Crippen molar-refractivity contribution >= 4 is 16.1 Å². The summed E-state index contributed by atoms with van der Waals surface area (Å²) in [4.78, 5) is 15.6. The normalized spacial score (nSPS) is 14.0. The van der Waals surface area contributed by atoms with Gasteiger partial charge in [-0.15, -0.1) is 0 Å². The molecule has 0 unspecified atom stereocenters. The second-order valence-electron chi connectivity index (χ2n) is 9.77. The minimum atomic E-state index is -4.07. The number of aromatic nitrogens is 1. The highest BCUT2D eigenvalue weighted by Crippen LogP contribution is 2.35. The zero-order valence-corrected chi connectivity index (χ0v) is 23.2. The first kappa shape index (κ1) is 29.6. The molecule has 1 aliphatic rings. The van der Waals surface area contributed by atoms with E-state index in [4.69, 9.17) is 14.2 Å². The molecule has 1 amide bonds. The highest BCUT2D eigenvalue weighted by Gasteiger charge is 2.32. The second-order valence-corrected chi connectivity index (χ2v) is 11.7. The highest BCUT2D eigenvalue weighted by atomic mass is 32.2. The second kappa shape index (κ2) is 12.9. The van der Waals surface area contributed by atoms with Crippen molar-refractivity contribution in [3.63, 3.8) is 0 Å². The lowest BCUT2D eigenvalue weighted by atomic mass is 10.0. The first-order chi connectivity index (χ1) is 19.6. The van der Waals surface area contributed by atoms with Gasteiger partial charge in [-0.25, -0.2) is 18.2 Å². The van der Waals surface area contributed by atoms with Crippen LogP contribution in [0.15, 0.2) is 65.7 Å². The Morgan fingerprint density at radius 1 is 1.15 bits per heavy atom. The van der Waals surface area contributed by atoms with E-state index in [1.54, 1.807) is 36.4 Å². The Hall–Kier alpha value is -4.38. The lowest BCUT2D eigenvalue weighted by Gasteiger charge is -2.30. The molecular weight excluding hydrogens is 552 g/mol. The van der Waals surface area contributed by atoms with Gasteiger partial charge in [-0.2, -0.15) is 9.57 Å². The van der Waals surface area contributed by atoms with E-state index in [-0.39, 0.29) is 48.6 Å². The Bertz CT molecular complexity index is 1520. The monoisotopic (exact) mass is 582 g/mol. The third-order valence-corrected chi connectivity index (χ3v) is 8.03. The number of carboxylic acid groups (broad SMARTS) is 1. The van der Waals surface area contributed by atoms with E-state index in [0.29, 0.717) is 22.8 Å². The van der Waals surface area contributed by atoms with E-state index >= 15 is 0 Å². The summed E-state index contributed by atoms with van der Waals surface area (Å²) in [6.45, 7) is 3.42. The summed E-state index contributed by atoms with van der Waals surface area (Å²) >= 11 is 0. The first-order valence-corrected chi connectivity index (χ1v) is 14.2. The van der Waals surface area contributed by atoms with Crippen molar-refractivity contribution in [1.29, 1.82) is 5.26 Å². The number of sulfonamides is 1. The lowest BCUT2D eigenvalue weighted by Crippen LogP contribution is -2.50. The standard InChI is InChI=1S/C28H30N4O8S/c1-18(2)15-32(41(36,37)22-9-10-25-26(13-22)39-17-38-25)16-24(33)23(31-28(34)35)12-19-5-7-21(8-6-19)40-27-20(14-29)4-3-11-30-27/h3-11,13,18,23-24,31,33H,12,15-17H2,1-2H3,(H,34,35)/t23-,24+/m0/s1. The quantitative estimate of drug-likeness (QED) is 0.288. The van der Waals surface area contributed by atoms with Crippen LogP contribution >= 0.6 is 0 Å². The summed E-state index contributed by atoms with van der Waals surface area (Å²) in [6.07, 6.45) is -1.16. The number of pyridine rings is 1. The molecule has 0 radical (unpaired) electrons. The SMILES string of the molecule is CC(C)CN(C[C@@H](O)[C@H](Cc1ccc(Oc2ncccc2C#N)cc1)NC(=O)O)S(=O)(=O)c1ccc2c(c1)OCO2. The van der Waals surface area contributed by atoms with Crippen LogP contribution < -0.4 is 19.5 Å². The van der Waals surface area contributed by atoms with Crippen LogP contribution in [0.3, 0.4) is 0 Å². The number of aliphatic hydroxyl groups excluding tert-OH is 1. The number of fused-ring (bicyclic) bond motifs is 1. The highest BCUT2D eigenvalue weighted by molar-refractivity contribution is 7.89. The summed E-state index contributed by atoms with van der Waals surface area (Å²) in [6, 6.07) is 15.1. The maximum Gasteiger partial charge on any atom is 0.404 e. The third-order valence-electron chi connectivity index (χ3n) is 6.20. The van der Waals surface area contributed by atoms with Gasteiger partial charge in [0.25, 0.3) is 0 Å². The van der Waals surface area contributed by atoms with Gasteiger partial charge in [-0.1, -0.05) is 26.0 Å². The molecule has 216 valence electrons. The van der Waals surface area contributed by atoms with Crippen LogP contribution in [0.25, 0.3) is 0 Å². The maximum absolute atomic E-state index is 13.6. The van der Waals surface area contributed by atoms with Gasteiger partial charge in [-0.3, -0.25) is 0 Å². The number of hydrogen-bond acceptors (Lipinski definition) is 9. The molecule has 0 aliphatic carbocycles. The van der Waals surface area contributed by atoms with Crippen LogP contribution in [0.4, 0.5) is 4.79 Å².